The molecule has 1 rings (SSSR count). The molecule has 0 saturated heterocycles. The second-order valence-electron chi connectivity index (χ2n) is 4.95. The molecule has 1 amide bonds. The molecule has 106 valence electrons. The summed E-state index contributed by atoms with van der Waals surface area (Å²) in [5, 5.41) is 11.9. The third-order valence-corrected chi connectivity index (χ3v) is 3.28. The van der Waals surface area contributed by atoms with Gasteiger partial charge in [-0.3, -0.25) is 4.79 Å². The maximum atomic E-state index is 11.8. The van der Waals surface area contributed by atoms with Crippen LogP contribution in [-0.4, -0.2) is 23.7 Å². The van der Waals surface area contributed by atoms with Gasteiger partial charge in [0.2, 0.25) is 5.91 Å². The number of carbonyl (C=O) groups excluding carboxylic acids is 1. The van der Waals surface area contributed by atoms with Crippen LogP contribution in [0.1, 0.15) is 44.2 Å². The zero-order chi connectivity index (χ0) is 14.1. The second kappa shape index (κ2) is 8.70. The van der Waals surface area contributed by atoms with Crippen molar-refractivity contribution in [2.24, 2.45) is 0 Å². The van der Waals surface area contributed by atoms with Crippen molar-refractivity contribution in [1.29, 1.82) is 0 Å². The Morgan fingerprint density at radius 3 is 2.37 bits per heavy atom. The van der Waals surface area contributed by atoms with Crippen LogP contribution < -0.4 is 5.32 Å². The Kier molecular flexibility index (Phi) is 7.19. The van der Waals surface area contributed by atoms with E-state index in [1.165, 1.54) is 18.4 Å². The lowest BCUT2D eigenvalue weighted by molar-refractivity contribution is -0.121. The highest BCUT2D eigenvalue weighted by molar-refractivity contribution is 5.78. The smallest absolute Gasteiger partial charge is 0.224 e. The molecule has 0 aliphatic heterocycles. The Bertz CT molecular complexity index is 369. The standard InChI is InChI=1S/C16H25NO2/c1-3-5-6-13-7-9-14(10-8-13)11-16(19)17-15(4-2)12-18/h7-10,15,18H,3-6,11-12H2,1-2H3,(H,17,19). The van der Waals surface area contributed by atoms with E-state index in [2.05, 4.69) is 24.4 Å². The first kappa shape index (κ1) is 15.7. The molecule has 19 heavy (non-hydrogen) atoms. The second-order valence-corrected chi connectivity index (χ2v) is 4.95. The van der Waals surface area contributed by atoms with Gasteiger partial charge in [0.15, 0.2) is 0 Å². The monoisotopic (exact) mass is 263 g/mol. The van der Waals surface area contributed by atoms with Crippen molar-refractivity contribution in [3.8, 4) is 0 Å². The fraction of sp³-hybridized carbons (Fsp3) is 0.562. The van der Waals surface area contributed by atoms with Crippen molar-refractivity contribution in [2.75, 3.05) is 6.61 Å². The van der Waals surface area contributed by atoms with Gasteiger partial charge in [-0.1, -0.05) is 44.5 Å². The predicted octanol–water partition coefficient (Wildman–Crippen LogP) is 2.46. The molecule has 1 atom stereocenters. The van der Waals surface area contributed by atoms with E-state index in [0.717, 1.165) is 18.4 Å². The summed E-state index contributed by atoms with van der Waals surface area (Å²) >= 11 is 0. The zero-order valence-electron chi connectivity index (χ0n) is 12.0. The molecule has 1 aromatic carbocycles. The zero-order valence-corrected chi connectivity index (χ0v) is 12.0. The quantitative estimate of drug-likeness (QED) is 0.757. The van der Waals surface area contributed by atoms with Gasteiger partial charge in [0.1, 0.15) is 0 Å². The number of aryl methyl sites for hydroxylation is 1. The lowest BCUT2D eigenvalue weighted by atomic mass is 10.0. The summed E-state index contributed by atoms with van der Waals surface area (Å²) in [6.45, 7) is 4.13. The van der Waals surface area contributed by atoms with Gasteiger partial charge in [0.25, 0.3) is 0 Å². The fourth-order valence-electron chi connectivity index (χ4n) is 1.95. The summed E-state index contributed by atoms with van der Waals surface area (Å²) in [4.78, 5) is 11.8. The van der Waals surface area contributed by atoms with E-state index in [4.69, 9.17) is 5.11 Å². The number of amides is 1. The van der Waals surface area contributed by atoms with E-state index in [-0.39, 0.29) is 18.6 Å². The number of rotatable bonds is 8. The van der Waals surface area contributed by atoms with Gasteiger partial charge in [0, 0.05) is 0 Å². The van der Waals surface area contributed by atoms with Crippen LogP contribution in [-0.2, 0) is 17.6 Å². The number of hydrogen-bond acceptors (Lipinski definition) is 2. The summed E-state index contributed by atoms with van der Waals surface area (Å²) in [5.74, 6) is -0.0257. The molecule has 0 fully saturated rings. The van der Waals surface area contributed by atoms with Gasteiger partial charge in [-0.15, -0.1) is 0 Å². The maximum absolute atomic E-state index is 11.8. The van der Waals surface area contributed by atoms with Crippen LogP contribution in [0.3, 0.4) is 0 Å². The summed E-state index contributed by atoms with van der Waals surface area (Å²) in [7, 11) is 0. The lowest BCUT2D eigenvalue weighted by Crippen LogP contribution is -2.37. The van der Waals surface area contributed by atoms with Crippen molar-refractivity contribution < 1.29 is 9.90 Å². The van der Waals surface area contributed by atoms with Crippen molar-refractivity contribution in [2.45, 2.75) is 52.0 Å². The van der Waals surface area contributed by atoms with E-state index in [1.807, 2.05) is 19.1 Å². The summed E-state index contributed by atoms with van der Waals surface area (Å²) in [6.07, 6.45) is 4.63. The number of aliphatic hydroxyl groups excluding tert-OH is 1. The maximum Gasteiger partial charge on any atom is 0.224 e. The molecule has 0 spiro atoms. The molecular formula is C16H25NO2. The van der Waals surface area contributed by atoms with E-state index >= 15 is 0 Å². The van der Waals surface area contributed by atoms with Crippen LogP contribution in [0.4, 0.5) is 0 Å². The lowest BCUT2D eigenvalue weighted by Gasteiger charge is -2.14. The molecule has 3 nitrogen and oxygen atoms in total. The summed E-state index contributed by atoms with van der Waals surface area (Å²) < 4.78 is 0. The van der Waals surface area contributed by atoms with E-state index in [1.54, 1.807) is 0 Å². The van der Waals surface area contributed by atoms with Crippen molar-refractivity contribution in [3.63, 3.8) is 0 Å². The molecule has 0 bridgehead atoms. The third kappa shape index (κ3) is 5.88. The highest BCUT2D eigenvalue weighted by atomic mass is 16.3. The molecule has 0 radical (unpaired) electrons. The van der Waals surface area contributed by atoms with Gasteiger partial charge in [0.05, 0.1) is 19.1 Å². The Balaban J connectivity index is 2.46. The molecule has 0 aromatic heterocycles. The minimum atomic E-state index is -0.128. The highest BCUT2D eigenvalue weighted by Crippen LogP contribution is 2.08. The predicted molar refractivity (Wildman–Crippen MR) is 78.1 cm³/mol. The first-order valence-electron chi connectivity index (χ1n) is 7.17. The number of benzene rings is 1. The Hall–Kier alpha value is -1.35. The van der Waals surface area contributed by atoms with Gasteiger partial charge in [-0.2, -0.15) is 0 Å². The van der Waals surface area contributed by atoms with Gasteiger partial charge >= 0.3 is 0 Å². The third-order valence-electron chi connectivity index (χ3n) is 3.28. The number of carbonyl (C=O) groups is 1. The molecule has 1 aromatic rings. The number of unbranched alkanes of at least 4 members (excludes halogenated alkanes) is 1. The molecule has 3 heteroatoms. The first-order chi connectivity index (χ1) is 9.19. The SMILES string of the molecule is CCCCc1ccc(CC(=O)NC(CC)CO)cc1. The molecular weight excluding hydrogens is 238 g/mol. The normalized spacial score (nSPS) is 12.2. The van der Waals surface area contributed by atoms with E-state index in [0.29, 0.717) is 6.42 Å². The minimum absolute atomic E-state index is 0.00179. The average Bonchev–Trinajstić information content (AvgIpc) is 2.44. The molecule has 0 saturated carbocycles. The topological polar surface area (TPSA) is 49.3 Å². The van der Waals surface area contributed by atoms with Crippen molar-refractivity contribution in [1.82, 2.24) is 5.32 Å². The number of hydrogen-bond donors (Lipinski definition) is 2. The van der Waals surface area contributed by atoms with Crippen LogP contribution in [0.2, 0.25) is 0 Å². The van der Waals surface area contributed by atoms with Gasteiger partial charge in [-0.25, -0.2) is 0 Å². The summed E-state index contributed by atoms with van der Waals surface area (Å²) in [5.41, 5.74) is 2.35. The highest BCUT2D eigenvalue weighted by Gasteiger charge is 2.09. The number of aliphatic hydroxyl groups is 1. The fourth-order valence-corrected chi connectivity index (χ4v) is 1.95. The van der Waals surface area contributed by atoms with E-state index < -0.39 is 0 Å². The van der Waals surface area contributed by atoms with Crippen LogP contribution >= 0.6 is 0 Å². The van der Waals surface area contributed by atoms with Crippen LogP contribution in [0.5, 0.6) is 0 Å². The van der Waals surface area contributed by atoms with Gasteiger partial charge < -0.3 is 10.4 Å². The number of nitrogens with one attached hydrogen (secondary N) is 1. The Morgan fingerprint density at radius 1 is 1.21 bits per heavy atom. The molecule has 0 aliphatic carbocycles. The van der Waals surface area contributed by atoms with E-state index in [9.17, 15) is 4.79 Å². The van der Waals surface area contributed by atoms with Crippen LogP contribution in [0, 0.1) is 0 Å². The molecule has 0 aliphatic rings. The molecule has 0 heterocycles. The molecule has 2 N–H and O–H groups in total. The molecule has 1 unspecified atom stereocenters. The Morgan fingerprint density at radius 2 is 1.84 bits per heavy atom. The average molecular weight is 263 g/mol. The van der Waals surface area contributed by atoms with Crippen LogP contribution in [0.15, 0.2) is 24.3 Å². The van der Waals surface area contributed by atoms with Crippen LogP contribution in [0.25, 0.3) is 0 Å². The van der Waals surface area contributed by atoms with Gasteiger partial charge in [-0.05, 0) is 30.4 Å². The first-order valence-corrected chi connectivity index (χ1v) is 7.17. The minimum Gasteiger partial charge on any atom is -0.394 e. The Labute approximate surface area is 116 Å². The summed E-state index contributed by atoms with van der Waals surface area (Å²) in [6, 6.07) is 8.11. The van der Waals surface area contributed by atoms with Crippen molar-refractivity contribution >= 4 is 5.91 Å². The largest absolute Gasteiger partial charge is 0.394 e. The van der Waals surface area contributed by atoms with Crippen molar-refractivity contribution in [3.05, 3.63) is 35.4 Å².